The van der Waals surface area contributed by atoms with Gasteiger partial charge in [0.2, 0.25) is 0 Å². The largest absolute Gasteiger partial charge is 0.480 e. The number of halogens is 1. The van der Waals surface area contributed by atoms with Gasteiger partial charge in [-0.3, -0.25) is 10.1 Å². The molecule has 3 aromatic carbocycles. The van der Waals surface area contributed by atoms with Gasteiger partial charge in [0.15, 0.2) is 6.04 Å². The van der Waals surface area contributed by atoms with E-state index in [1.807, 2.05) is 36.4 Å². The van der Waals surface area contributed by atoms with Crippen LogP contribution >= 0.6 is 15.9 Å². The van der Waals surface area contributed by atoms with Crippen molar-refractivity contribution in [3.05, 3.63) is 87.9 Å². The van der Waals surface area contributed by atoms with Crippen molar-refractivity contribution in [1.29, 1.82) is 0 Å². The number of carbonyl (C=O) groups is 3. The third kappa shape index (κ3) is 4.80. The van der Waals surface area contributed by atoms with Crippen molar-refractivity contribution in [2.45, 2.75) is 12.0 Å². The highest BCUT2D eigenvalue weighted by Crippen LogP contribution is 2.44. The molecule has 1 unspecified atom stereocenters. The van der Waals surface area contributed by atoms with E-state index in [4.69, 9.17) is 14.9 Å². The number of fused-ring (bicyclic) bond motifs is 3. The van der Waals surface area contributed by atoms with Gasteiger partial charge in [0.25, 0.3) is 5.91 Å². The van der Waals surface area contributed by atoms with Gasteiger partial charge in [0, 0.05) is 16.0 Å². The number of hydrogen-bond donors (Lipinski definition) is 4. The van der Waals surface area contributed by atoms with Crippen LogP contribution in [-0.4, -0.2) is 47.4 Å². The fourth-order valence-electron chi connectivity index (χ4n) is 3.93. The summed E-state index contributed by atoms with van der Waals surface area (Å²) in [7, 11) is 0. The molecule has 0 saturated heterocycles. The second kappa shape index (κ2) is 10.1. The minimum absolute atomic E-state index is 0.0682. The molecular formula is C25H21BrN2O6. The molecule has 0 saturated carbocycles. The van der Waals surface area contributed by atoms with Crippen LogP contribution in [0.3, 0.4) is 0 Å². The van der Waals surface area contributed by atoms with E-state index in [-0.39, 0.29) is 18.1 Å². The van der Waals surface area contributed by atoms with Gasteiger partial charge in [-0.05, 0) is 56.4 Å². The number of aliphatic carboxylic acids is 1. The van der Waals surface area contributed by atoms with Crippen LogP contribution in [0.25, 0.3) is 11.1 Å². The Balaban J connectivity index is 1.40. The van der Waals surface area contributed by atoms with Crippen molar-refractivity contribution < 1.29 is 29.3 Å². The van der Waals surface area contributed by atoms with E-state index in [9.17, 15) is 14.4 Å². The smallest absolute Gasteiger partial charge is 0.411 e. The third-order valence-corrected chi connectivity index (χ3v) is 6.25. The molecule has 4 rings (SSSR count). The minimum atomic E-state index is -1.41. The Labute approximate surface area is 203 Å². The molecular weight excluding hydrogens is 504 g/mol. The van der Waals surface area contributed by atoms with Gasteiger partial charge >= 0.3 is 12.1 Å². The summed E-state index contributed by atoms with van der Waals surface area (Å²) >= 11 is 3.30. The second-order valence-corrected chi connectivity index (χ2v) is 8.55. The zero-order valence-electron chi connectivity index (χ0n) is 17.8. The fraction of sp³-hybridized carbons (Fsp3) is 0.160. The van der Waals surface area contributed by atoms with Crippen LogP contribution in [0.4, 0.5) is 10.5 Å². The number of carboxylic acids is 1. The summed E-state index contributed by atoms with van der Waals surface area (Å²) in [6, 6.07) is 19.0. The lowest BCUT2D eigenvalue weighted by molar-refractivity contribution is -0.140. The zero-order chi connectivity index (χ0) is 24.2. The number of aliphatic hydroxyl groups is 1. The van der Waals surface area contributed by atoms with Gasteiger partial charge in [0.1, 0.15) is 6.61 Å². The van der Waals surface area contributed by atoms with Crippen molar-refractivity contribution in [3.63, 3.8) is 0 Å². The fourth-order valence-corrected chi connectivity index (χ4v) is 4.41. The van der Waals surface area contributed by atoms with Gasteiger partial charge in [0.05, 0.1) is 12.3 Å². The lowest BCUT2D eigenvalue weighted by Crippen LogP contribution is -2.43. The van der Waals surface area contributed by atoms with Gasteiger partial charge in [-0.2, -0.15) is 0 Å². The summed E-state index contributed by atoms with van der Waals surface area (Å²) in [6.45, 7) is -0.570. The molecule has 4 N–H and O–H groups in total. The number of rotatable bonds is 7. The molecule has 3 aromatic rings. The number of anilines is 1. The van der Waals surface area contributed by atoms with Crippen LogP contribution in [0.5, 0.6) is 0 Å². The quantitative estimate of drug-likeness (QED) is 0.370. The maximum absolute atomic E-state index is 12.5. The molecule has 9 heteroatoms. The number of carboxylic acid groups (broad SMARTS) is 1. The van der Waals surface area contributed by atoms with E-state index in [0.717, 1.165) is 22.3 Å². The second-order valence-electron chi connectivity index (χ2n) is 7.69. The summed E-state index contributed by atoms with van der Waals surface area (Å²) < 4.78 is 5.93. The molecule has 0 spiro atoms. The molecule has 0 radical (unpaired) electrons. The van der Waals surface area contributed by atoms with Crippen molar-refractivity contribution >= 4 is 39.6 Å². The molecule has 0 heterocycles. The van der Waals surface area contributed by atoms with E-state index in [2.05, 4.69) is 38.7 Å². The number of benzene rings is 3. The molecule has 174 valence electrons. The Kier molecular flexibility index (Phi) is 6.95. The molecule has 1 aliphatic rings. The first-order valence-corrected chi connectivity index (χ1v) is 11.2. The first-order valence-electron chi connectivity index (χ1n) is 10.4. The first-order chi connectivity index (χ1) is 16.4. The van der Waals surface area contributed by atoms with Crippen LogP contribution in [0, 0.1) is 0 Å². The number of ether oxygens (including phenoxy) is 1. The summed E-state index contributed by atoms with van der Waals surface area (Å²) in [5.41, 5.74) is 5.02. The normalized spacial score (nSPS) is 12.9. The Bertz CT molecular complexity index is 1220. The Hall–Kier alpha value is -3.69. The lowest BCUT2D eigenvalue weighted by Gasteiger charge is -2.15. The van der Waals surface area contributed by atoms with Gasteiger partial charge < -0.3 is 20.3 Å². The number of amides is 2. The minimum Gasteiger partial charge on any atom is -0.480 e. The molecule has 0 aromatic heterocycles. The molecule has 2 amide bonds. The van der Waals surface area contributed by atoms with Crippen LogP contribution in [0.2, 0.25) is 0 Å². The first kappa shape index (κ1) is 23.5. The van der Waals surface area contributed by atoms with Crippen LogP contribution in [-0.2, 0) is 9.53 Å². The van der Waals surface area contributed by atoms with Crippen LogP contribution < -0.4 is 10.6 Å². The summed E-state index contributed by atoms with van der Waals surface area (Å²) in [6.07, 6.45) is -0.647. The highest BCUT2D eigenvalue weighted by molar-refractivity contribution is 9.10. The van der Waals surface area contributed by atoms with E-state index in [1.54, 1.807) is 0 Å². The lowest BCUT2D eigenvalue weighted by atomic mass is 9.98. The molecule has 1 atom stereocenters. The molecule has 0 fully saturated rings. The average Bonchev–Trinajstić information content (AvgIpc) is 3.16. The average molecular weight is 525 g/mol. The third-order valence-electron chi connectivity index (χ3n) is 5.60. The van der Waals surface area contributed by atoms with Crippen molar-refractivity contribution in [2.75, 3.05) is 18.5 Å². The molecule has 34 heavy (non-hydrogen) atoms. The Morgan fingerprint density at radius 3 is 2.15 bits per heavy atom. The van der Waals surface area contributed by atoms with Gasteiger partial charge in [-0.1, -0.05) is 48.5 Å². The predicted octanol–water partition coefficient (Wildman–Crippen LogP) is 3.99. The predicted molar refractivity (Wildman–Crippen MR) is 129 cm³/mol. The Morgan fingerprint density at radius 1 is 0.971 bits per heavy atom. The topological polar surface area (TPSA) is 125 Å². The number of hydrogen-bond acceptors (Lipinski definition) is 5. The van der Waals surface area contributed by atoms with Gasteiger partial charge in [-0.15, -0.1) is 0 Å². The molecule has 8 nitrogen and oxygen atoms in total. The zero-order valence-corrected chi connectivity index (χ0v) is 19.4. The maximum atomic E-state index is 12.5. The number of nitrogens with one attached hydrogen (secondary N) is 2. The highest BCUT2D eigenvalue weighted by atomic mass is 79.9. The number of aliphatic hydroxyl groups excluding tert-OH is 1. The molecule has 1 aliphatic carbocycles. The molecule has 0 bridgehead atoms. The van der Waals surface area contributed by atoms with Gasteiger partial charge in [-0.25, -0.2) is 9.59 Å². The van der Waals surface area contributed by atoms with Crippen molar-refractivity contribution in [3.8, 4) is 11.1 Å². The monoisotopic (exact) mass is 524 g/mol. The van der Waals surface area contributed by atoms with E-state index >= 15 is 0 Å². The number of carbonyl (C=O) groups excluding carboxylic acids is 2. The van der Waals surface area contributed by atoms with E-state index in [0.29, 0.717) is 10.2 Å². The van der Waals surface area contributed by atoms with E-state index in [1.165, 1.54) is 18.2 Å². The summed E-state index contributed by atoms with van der Waals surface area (Å²) in [5.74, 6) is -2.08. The standard InChI is InChI=1S/C25H21BrN2O6/c26-20-11-14(23(30)27-22(12-29)24(31)32)9-10-21(20)28-25(33)34-13-19-17-7-3-1-5-15(17)16-6-2-4-8-18(16)19/h1-11,19,22,29H,12-13H2,(H,27,30)(H,28,33)(H,31,32). The van der Waals surface area contributed by atoms with Crippen LogP contribution in [0.15, 0.2) is 71.2 Å². The highest BCUT2D eigenvalue weighted by Gasteiger charge is 2.29. The van der Waals surface area contributed by atoms with Crippen molar-refractivity contribution in [2.24, 2.45) is 0 Å². The van der Waals surface area contributed by atoms with Crippen LogP contribution in [0.1, 0.15) is 27.4 Å². The molecule has 0 aliphatic heterocycles. The van der Waals surface area contributed by atoms with E-state index < -0.39 is 30.6 Å². The summed E-state index contributed by atoms with van der Waals surface area (Å²) in [5, 5.41) is 22.9. The van der Waals surface area contributed by atoms with Crippen molar-refractivity contribution in [1.82, 2.24) is 5.32 Å². The SMILES string of the molecule is O=C(Nc1ccc(C(=O)NC(CO)C(=O)O)cc1Br)OCC1c2ccccc2-c2ccccc21. The Morgan fingerprint density at radius 2 is 1.59 bits per heavy atom. The maximum Gasteiger partial charge on any atom is 0.411 e. The summed E-state index contributed by atoms with van der Waals surface area (Å²) in [4.78, 5) is 35.7.